The molecule has 294 valence electrons. The number of phosphoric acid groups is 1. The fourth-order valence-electron chi connectivity index (χ4n) is 5.59. The van der Waals surface area contributed by atoms with Crippen LogP contribution in [0.1, 0.15) is 59.1 Å². The zero-order valence-corrected chi connectivity index (χ0v) is 30.4. The number of rotatable bonds is 21. The molecule has 0 bridgehead atoms. The van der Waals surface area contributed by atoms with Gasteiger partial charge in [0.15, 0.2) is 0 Å². The van der Waals surface area contributed by atoms with Gasteiger partial charge in [-0.05, 0) is 38.5 Å². The maximum absolute atomic E-state index is 13.8. The Morgan fingerprint density at radius 3 is 2.15 bits per heavy atom. The Morgan fingerprint density at radius 2 is 1.60 bits per heavy atom. The lowest BCUT2D eigenvalue weighted by Crippen LogP contribution is -2.61. The van der Waals surface area contributed by atoms with Gasteiger partial charge in [0.05, 0.1) is 31.7 Å². The number of aliphatic hydroxyl groups excluding tert-OH is 3. The molecule has 22 heteroatoms. The number of carbonyl (C=O) groups excluding carboxylic acids is 6. The average molecular weight is 763 g/mol. The summed E-state index contributed by atoms with van der Waals surface area (Å²) in [6, 6.07) is -7.00. The van der Waals surface area contributed by atoms with Gasteiger partial charge in [-0.2, -0.15) is 0 Å². The van der Waals surface area contributed by atoms with Gasteiger partial charge in [0.25, 0.3) is 0 Å². The molecule has 1 aliphatic rings. The summed E-state index contributed by atoms with van der Waals surface area (Å²) in [5.74, 6) is -5.18. The molecule has 1 fully saturated rings. The van der Waals surface area contributed by atoms with E-state index in [0.717, 1.165) is 6.92 Å². The first-order valence-electron chi connectivity index (χ1n) is 16.7. The quantitative estimate of drug-likeness (QED) is 0.0536. The second-order valence-electron chi connectivity index (χ2n) is 13.0. The minimum absolute atomic E-state index is 0.113. The molecule has 1 aromatic heterocycles. The fraction of sp³-hybridized carbons (Fsp3) is 0.700. The Balaban J connectivity index is 2.37. The van der Waals surface area contributed by atoms with Gasteiger partial charge in [0, 0.05) is 38.3 Å². The van der Waals surface area contributed by atoms with E-state index in [1.54, 1.807) is 4.57 Å². The normalized spacial score (nSPS) is 18.1. The molecular weight excluding hydrogens is 711 g/mol. The van der Waals surface area contributed by atoms with Crippen molar-refractivity contribution in [2.45, 2.75) is 109 Å². The van der Waals surface area contributed by atoms with Gasteiger partial charge in [-0.1, -0.05) is 13.8 Å². The van der Waals surface area contributed by atoms with E-state index in [4.69, 9.17) is 15.5 Å². The van der Waals surface area contributed by atoms with Gasteiger partial charge in [0.2, 0.25) is 35.4 Å². The summed E-state index contributed by atoms with van der Waals surface area (Å²) < 4.78 is 17.3. The first-order chi connectivity index (χ1) is 24.3. The second-order valence-corrected chi connectivity index (χ2v) is 14.2. The third-order valence-corrected chi connectivity index (χ3v) is 8.86. The SMILES string of the molecule is CC(=O)N1CCC[C@H]1C(=O)N[C@@H](CC(C)C)C(=O)N[C@@H](Cc1cncn1CC[C@H](O)CO)C(=O)N[C@@H](CO)C(=O)N[C@H](C(N)=O)[C@@H](C)OP(=O)(O)O. The second kappa shape index (κ2) is 20.3. The molecule has 2 heterocycles. The molecule has 52 heavy (non-hydrogen) atoms. The van der Waals surface area contributed by atoms with Crippen LogP contribution in [0, 0.1) is 5.92 Å². The number of nitrogens with two attached hydrogens (primary N) is 1. The number of hydrogen-bond donors (Lipinski definition) is 10. The van der Waals surface area contributed by atoms with E-state index in [-0.39, 0.29) is 37.6 Å². The minimum Gasteiger partial charge on any atom is -0.394 e. The van der Waals surface area contributed by atoms with Gasteiger partial charge in [0.1, 0.15) is 30.2 Å². The molecule has 0 saturated carbocycles. The summed E-state index contributed by atoms with van der Waals surface area (Å²) in [6.07, 6.45) is 1.10. The Bertz CT molecular complexity index is 1450. The molecule has 0 unspecified atom stereocenters. The van der Waals surface area contributed by atoms with E-state index in [0.29, 0.717) is 25.1 Å². The van der Waals surface area contributed by atoms with Crippen molar-refractivity contribution in [3.8, 4) is 0 Å². The van der Waals surface area contributed by atoms with Crippen LogP contribution in [0.25, 0.3) is 0 Å². The number of nitrogens with one attached hydrogen (secondary N) is 4. The standard InChI is InChI=1S/C30H51N8O13P/c1-16(2)10-21(34-30(47)24-6-5-8-38(24)18(4)41)27(44)33-22(11-19-12-32-15-37(19)9-7-20(42)13-39)28(45)35-23(14-40)29(46)36-25(26(31)43)17(3)51-52(48,49)50/h12,15-17,20-25,39-40,42H,5-11,13-14H2,1-4H3,(H2,31,43)(H,33,44)(H,34,47)(H,35,45)(H,36,46)(H2,48,49,50)/t17-,20+,21+,22+,23+,24+,25+/m1/s1. The van der Waals surface area contributed by atoms with E-state index in [2.05, 4.69) is 30.8 Å². The van der Waals surface area contributed by atoms with Crippen LogP contribution < -0.4 is 27.0 Å². The number of imidazole rings is 1. The van der Waals surface area contributed by atoms with Crippen molar-refractivity contribution in [2.75, 3.05) is 19.8 Å². The lowest BCUT2D eigenvalue weighted by molar-refractivity contribution is -0.139. The van der Waals surface area contributed by atoms with Crippen LogP contribution in [0.2, 0.25) is 0 Å². The van der Waals surface area contributed by atoms with E-state index in [1.165, 1.54) is 24.3 Å². The first kappa shape index (κ1) is 44.2. The molecular formula is C30H51N8O13P. The Kier molecular flexibility index (Phi) is 17.3. The molecule has 0 radical (unpaired) electrons. The summed E-state index contributed by atoms with van der Waals surface area (Å²) in [7, 11) is -5.12. The summed E-state index contributed by atoms with van der Waals surface area (Å²) in [5.41, 5.74) is 5.66. The van der Waals surface area contributed by atoms with Gasteiger partial charge >= 0.3 is 7.82 Å². The molecule has 1 aliphatic heterocycles. The molecule has 21 nitrogen and oxygen atoms in total. The van der Waals surface area contributed by atoms with Crippen molar-refractivity contribution < 1.29 is 63.0 Å². The van der Waals surface area contributed by atoms with Crippen LogP contribution in [0.15, 0.2) is 12.5 Å². The van der Waals surface area contributed by atoms with Crippen molar-refractivity contribution in [3.05, 3.63) is 18.2 Å². The number of primary amides is 1. The number of nitrogens with zero attached hydrogens (tertiary/aromatic N) is 3. The summed E-state index contributed by atoms with van der Waals surface area (Å²) in [4.78, 5) is 102. The zero-order valence-electron chi connectivity index (χ0n) is 29.5. The van der Waals surface area contributed by atoms with Crippen molar-refractivity contribution in [2.24, 2.45) is 11.7 Å². The number of aliphatic hydroxyl groups is 3. The van der Waals surface area contributed by atoms with E-state index >= 15 is 0 Å². The highest BCUT2D eigenvalue weighted by atomic mass is 31.2. The summed E-state index contributed by atoms with van der Waals surface area (Å²) in [5, 5.41) is 38.7. The molecule has 2 rings (SSSR count). The van der Waals surface area contributed by atoms with E-state index in [1.807, 2.05) is 13.8 Å². The van der Waals surface area contributed by atoms with Crippen LogP contribution in [0.5, 0.6) is 0 Å². The molecule has 11 N–H and O–H groups in total. The monoisotopic (exact) mass is 762 g/mol. The Hall–Kier alpha value is -3.98. The highest BCUT2D eigenvalue weighted by Gasteiger charge is 2.37. The first-order valence-corrected chi connectivity index (χ1v) is 18.2. The fourth-order valence-corrected chi connectivity index (χ4v) is 6.15. The van der Waals surface area contributed by atoms with E-state index in [9.17, 15) is 48.7 Å². The molecule has 0 spiro atoms. The topological polar surface area (TPSA) is 325 Å². The van der Waals surface area contributed by atoms with Crippen LogP contribution in [0.3, 0.4) is 0 Å². The van der Waals surface area contributed by atoms with Gasteiger partial charge in [-0.15, -0.1) is 0 Å². The highest BCUT2D eigenvalue weighted by molar-refractivity contribution is 7.46. The number of phosphoric ester groups is 1. The molecule has 1 aromatic rings. The minimum atomic E-state index is -5.12. The predicted molar refractivity (Wildman–Crippen MR) is 180 cm³/mol. The molecule has 7 atom stereocenters. The van der Waals surface area contributed by atoms with Crippen molar-refractivity contribution in [1.29, 1.82) is 0 Å². The van der Waals surface area contributed by atoms with Crippen molar-refractivity contribution >= 4 is 43.3 Å². The molecule has 0 aliphatic carbocycles. The maximum Gasteiger partial charge on any atom is 0.469 e. The number of amides is 6. The van der Waals surface area contributed by atoms with Crippen LogP contribution >= 0.6 is 7.82 Å². The van der Waals surface area contributed by atoms with Gasteiger partial charge in [-0.3, -0.25) is 33.3 Å². The highest BCUT2D eigenvalue weighted by Crippen LogP contribution is 2.38. The van der Waals surface area contributed by atoms with E-state index < -0.39 is 93.0 Å². The lowest BCUT2D eigenvalue weighted by atomic mass is 10.0. The summed E-state index contributed by atoms with van der Waals surface area (Å²) >= 11 is 0. The maximum atomic E-state index is 13.8. The lowest BCUT2D eigenvalue weighted by Gasteiger charge is -2.28. The number of likely N-dealkylation sites (tertiary alicyclic amines) is 1. The predicted octanol–water partition coefficient (Wildman–Crippen LogP) is -3.86. The smallest absolute Gasteiger partial charge is 0.394 e. The van der Waals surface area contributed by atoms with Crippen molar-refractivity contribution in [1.82, 2.24) is 35.7 Å². The van der Waals surface area contributed by atoms with Crippen LogP contribution in [-0.4, -0.2) is 137 Å². The third-order valence-electron chi connectivity index (χ3n) is 8.25. The number of hydrogen-bond acceptors (Lipinski definition) is 12. The Labute approximate surface area is 300 Å². The largest absolute Gasteiger partial charge is 0.469 e. The molecule has 6 amide bonds. The Morgan fingerprint density at radius 1 is 0.981 bits per heavy atom. The molecule has 0 aromatic carbocycles. The number of aromatic nitrogens is 2. The van der Waals surface area contributed by atoms with Crippen LogP contribution in [0.4, 0.5) is 0 Å². The van der Waals surface area contributed by atoms with Gasteiger partial charge in [-0.25, -0.2) is 9.55 Å². The zero-order chi connectivity index (χ0) is 39.3. The third kappa shape index (κ3) is 13.9. The molecule has 1 saturated heterocycles. The number of carbonyl (C=O) groups is 6. The van der Waals surface area contributed by atoms with Gasteiger partial charge < -0.3 is 61.6 Å². The average Bonchev–Trinajstić information content (AvgIpc) is 3.73. The van der Waals surface area contributed by atoms with Crippen molar-refractivity contribution in [3.63, 3.8) is 0 Å². The number of aryl methyl sites for hydroxylation is 1. The van der Waals surface area contributed by atoms with Crippen LogP contribution in [-0.2, 0) is 50.8 Å². The summed E-state index contributed by atoms with van der Waals surface area (Å²) in [6.45, 7) is 5.02.